The molecule has 2 heterocycles. The molecule has 2 aromatic heterocycles. The number of benzene rings is 2. The van der Waals surface area contributed by atoms with Gasteiger partial charge in [-0.2, -0.15) is 0 Å². The highest BCUT2D eigenvalue weighted by atomic mass is 16.2. The molecular formula is C24H20N4O3. The minimum absolute atomic E-state index is 0.0865. The van der Waals surface area contributed by atoms with E-state index in [4.69, 9.17) is 0 Å². The maximum atomic E-state index is 12.6. The van der Waals surface area contributed by atoms with Crippen molar-refractivity contribution in [2.45, 2.75) is 13.5 Å². The SMILES string of the molecule is Cc1ccc(=O)n(CC(=O)Nc2ccc(C(=O)Nc3cccc4cccnc34)cc2)c1. The van der Waals surface area contributed by atoms with Crippen molar-refractivity contribution in [2.24, 2.45) is 0 Å². The Bertz CT molecular complexity index is 1320. The monoisotopic (exact) mass is 412 g/mol. The van der Waals surface area contributed by atoms with Gasteiger partial charge >= 0.3 is 0 Å². The first-order valence-electron chi connectivity index (χ1n) is 9.72. The van der Waals surface area contributed by atoms with Gasteiger partial charge in [-0.15, -0.1) is 0 Å². The van der Waals surface area contributed by atoms with E-state index in [2.05, 4.69) is 15.6 Å². The molecule has 4 rings (SSSR count). The average molecular weight is 412 g/mol. The second-order valence-corrected chi connectivity index (χ2v) is 7.13. The van der Waals surface area contributed by atoms with E-state index in [0.29, 0.717) is 22.5 Å². The summed E-state index contributed by atoms with van der Waals surface area (Å²) in [6, 6.07) is 19.0. The number of nitrogens with zero attached hydrogens (tertiary/aromatic N) is 2. The number of pyridine rings is 2. The molecule has 0 unspecified atom stereocenters. The van der Waals surface area contributed by atoms with Crippen LogP contribution < -0.4 is 16.2 Å². The Balaban J connectivity index is 1.43. The minimum Gasteiger partial charge on any atom is -0.325 e. The predicted octanol–water partition coefficient (Wildman–Crippen LogP) is 3.60. The van der Waals surface area contributed by atoms with Crippen molar-refractivity contribution in [3.05, 3.63) is 101 Å². The van der Waals surface area contributed by atoms with E-state index < -0.39 is 0 Å². The Morgan fingerprint density at radius 1 is 0.935 bits per heavy atom. The van der Waals surface area contributed by atoms with Crippen molar-refractivity contribution in [3.8, 4) is 0 Å². The van der Waals surface area contributed by atoms with E-state index in [0.717, 1.165) is 10.9 Å². The van der Waals surface area contributed by atoms with Gasteiger partial charge in [-0.1, -0.05) is 24.3 Å². The molecule has 0 spiro atoms. The average Bonchev–Trinajstić information content (AvgIpc) is 2.77. The van der Waals surface area contributed by atoms with Crippen molar-refractivity contribution in [2.75, 3.05) is 10.6 Å². The van der Waals surface area contributed by atoms with Crippen LogP contribution in [0.1, 0.15) is 15.9 Å². The zero-order valence-corrected chi connectivity index (χ0v) is 16.8. The number of carbonyl (C=O) groups excluding carboxylic acids is 2. The Hall–Kier alpha value is -4.26. The molecule has 0 fully saturated rings. The molecule has 154 valence electrons. The second kappa shape index (κ2) is 8.62. The lowest BCUT2D eigenvalue weighted by molar-refractivity contribution is -0.116. The smallest absolute Gasteiger partial charge is 0.255 e. The summed E-state index contributed by atoms with van der Waals surface area (Å²) in [5, 5.41) is 6.55. The summed E-state index contributed by atoms with van der Waals surface area (Å²) >= 11 is 0. The molecule has 2 amide bonds. The molecule has 0 radical (unpaired) electrons. The lowest BCUT2D eigenvalue weighted by Gasteiger charge is -2.10. The number of amides is 2. The zero-order valence-electron chi connectivity index (χ0n) is 16.8. The molecule has 0 atom stereocenters. The maximum Gasteiger partial charge on any atom is 0.255 e. The number of hydrogen-bond donors (Lipinski definition) is 2. The lowest BCUT2D eigenvalue weighted by atomic mass is 10.1. The zero-order chi connectivity index (χ0) is 21.8. The van der Waals surface area contributed by atoms with Crippen LogP contribution in [0.25, 0.3) is 10.9 Å². The quantitative estimate of drug-likeness (QED) is 0.524. The summed E-state index contributed by atoms with van der Waals surface area (Å²) in [6.45, 7) is 1.77. The van der Waals surface area contributed by atoms with Crippen molar-refractivity contribution >= 4 is 34.1 Å². The number of fused-ring (bicyclic) bond motifs is 1. The van der Waals surface area contributed by atoms with Crippen LogP contribution in [0.4, 0.5) is 11.4 Å². The highest BCUT2D eigenvalue weighted by Crippen LogP contribution is 2.21. The van der Waals surface area contributed by atoms with E-state index in [-0.39, 0.29) is 23.9 Å². The van der Waals surface area contributed by atoms with E-state index in [1.54, 1.807) is 48.8 Å². The highest BCUT2D eigenvalue weighted by Gasteiger charge is 2.10. The second-order valence-electron chi connectivity index (χ2n) is 7.13. The topological polar surface area (TPSA) is 93.1 Å². The van der Waals surface area contributed by atoms with Crippen molar-refractivity contribution in [1.29, 1.82) is 0 Å². The molecule has 0 saturated carbocycles. The van der Waals surface area contributed by atoms with E-state index in [1.807, 2.05) is 31.2 Å². The van der Waals surface area contributed by atoms with Gasteiger partial charge < -0.3 is 15.2 Å². The molecule has 4 aromatic rings. The number of carbonyl (C=O) groups is 2. The molecule has 0 aliphatic heterocycles. The van der Waals surface area contributed by atoms with Gasteiger partial charge in [0.05, 0.1) is 11.2 Å². The highest BCUT2D eigenvalue weighted by molar-refractivity contribution is 6.08. The molecule has 7 nitrogen and oxygen atoms in total. The van der Waals surface area contributed by atoms with Crippen molar-refractivity contribution in [1.82, 2.24) is 9.55 Å². The Labute approximate surface area is 178 Å². The molecule has 0 saturated heterocycles. The number of nitrogens with one attached hydrogen (secondary N) is 2. The van der Waals surface area contributed by atoms with Crippen molar-refractivity contribution < 1.29 is 9.59 Å². The number of anilines is 2. The third kappa shape index (κ3) is 4.67. The van der Waals surface area contributed by atoms with Crippen LogP contribution in [0.2, 0.25) is 0 Å². The van der Waals surface area contributed by atoms with Gasteiger partial charge in [-0.05, 0) is 48.9 Å². The van der Waals surface area contributed by atoms with Gasteiger partial charge in [-0.25, -0.2) is 0 Å². The molecule has 2 N–H and O–H groups in total. The van der Waals surface area contributed by atoms with Gasteiger partial charge in [0, 0.05) is 35.1 Å². The van der Waals surface area contributed by atoms with Gasteiger partial charge in [0.2, 0.25) is 5.91 Å². The third-order valence-electron chi connectivity index (χ3n) is 4.76. The van der Waals surface area contributed by atoms with Crippen LogP contribution in [0.5, 0.6) is 0 Å². The van der Waals surface area contributed by atoms with Gasteiger partial charge in [0.15, 0.2) is 0 Å². The first kappa shape index (κ1) is 20.0. The van der Waals surface area contributed by atoms with Gasteiger partial charge in [0.1, 0.15) is 6.54 Å². The van der Waals surface area contributed by atoms with Gasteiger partial charge in [-0.3, -0.25) is 19.4 Å². The lowest BCUT2D eigenvalue weighted by Crippen LogP contribution is -2.26. The molecule has 0 aliphatic rings. The molecule has 7 heteroatoms. The van der Waals surface area contributed by atoms with Crippen LogP contribution >= 0.6 is 0 Å². The normalized spacial score (nSPS) is 10.6. The van der Waals surface area contributed by atoms with Crippen LogP contribution in [-0.4, -0.2) is 21.4 Å². The van der Waals surface area contributed by atoms with E-state index >= 15 is 0 Å². The van der Waals surface area contributed by atoms with Crippen LogP contribution in [0.15, 0.2) is 83.9 Å². The minimum atomic E-state index is -0.327. The molecule has 0 aliphatic carbocycles. The van der Waals surface area contributed by atoms with Gasteiger partial charge in [0.25, 0.3) is 11.5 Å². The summed E-state index contributed by atoms with van der Waals surface area (Å²) in [7, 11) is 0. The number of aromatic nitrogens is 2. The Morgan fingerprint density at radius 2 is 1.71 bits per heavy atom. The maximum absolute atomic E-state index is 12.6. The fraction of sp³-hybridized carbons (Fsp3) is 0.0833. The number of rotatable bonds is 5. The fourth-order valence-corrected chi connectivity index (χ4v) is 3.23. The van der Waals surface area contributed by atoms with E-state index in [9.17, 15) is 14.4 Å². The summed E-state index contributed by atoms with van der Waals surface area (Å²) in [4.78, 5) is 41.1. The largest absolute Gasteiger partial charge is 0.325 e. The summed E-state index contributed by atoms with van der Waals surface area (Å²) in [5.74, 6) is -0.603. The first-order chi connectivity index (χ1) is 15.0. The molecule has 31 heavy (non-hydrogen) atoms. The van der Waals surface area contributed by atoms with Crippen LogP contribution in [-0.2, 0) is 11.3 Å². The number of hydrogen-bond acceptors (Lipinski definition) is 4. The summed E-state index contributed by atoms with van der Waals surface area (Å²) in [6.07, 6.45) is 3.32. The number of aryl methyl sites for hydroxylation is 1. The van der Waals surface area contributed by atoms with E-state index in [1.165, 1.54) is 10.6 Å². The standard InChI is InChI=1S/C24H20N4O3/c1-16-7-12-22(30)28(14-16)15-21(29)26-19-10-8-18(9-11-19)24(31)27-20-6-2-4-17-5-3-13-25-23(17)20/h2-14H,15H2,1H3,(H,26,29)(H,27,31). The van der Waals surface area contributed by atoms with Crippen LogP contribution in [0, 0.1) is 6.92 Å². The molecular weight excluding hydrogens is 392 g/mol. The molecule has 0 bridgehead atoms. The molecule has 2 aromatic carbocycles. The summed E-state index contributed by atoms with van der Waals surface area (Å²) < 4.78 is 1.35. The first-order valence-corrected chi connectivity index (χ1v) is 9.72. The fourth-order valence-electron chi connectivity index (χ4n) is 3.23. The van der Waals surface area contributed by atoms with Crippen molar-refractivity contribution in [3.63, 3.8) is 0 Å². The summed E-state index contributed by atoms with van der Waals surface area (Å²) in [5.41, 5.74) is 2.98. The van der Waals surface area contributed by atoms with Crippen LogP contribution in [0.3, 0.4) is 0 Å². The number of para-hydroxylation sites is 1. The third-order valence-corrected chi connectivity index (χ3v) is 4.76. The Morgan fingerprint density at radius 3 is 2.52 bits per heavy atom. The Kier molecular flexibility index (Phi) is 5.57. The predicted molar refractivity (Wildman–Crippen MR) is 120 cm³/mol.